The van der Waals surface area contributed by atoms with Crippen LogP contribution in [0.1, 0.15) is 36.2 Å². The highest BCUT2D eigenvalue weighted by molar-refractivity contribution is 5.90. The molecule has 152 valence electrons. The van der Waals surface area contributed by atoms with E-state index in [-0.39, 0.29) is 30.2 Å². The van der Waals surface area contributed by atoms with Crippen LogP contribution in [0, 0.1) is 23.3 Å². The van der Waals surface area contributed by atoms with E-state index in [1.54, 1.807) is 5.32 Å². The number of nitrogens with zero attached hydrogens (tertiary/aromatic N) is 2. The smallest absolute Gasteiger partial charge is 0.319 e. The fraction of sp³-hybridized carbons (Fsp3) is 0.412. The van der Waals surface area contributed by atoms with Gasteiger partial charge in [-0.05, 0) is 25.7 Å². The van der Waals surface area contributed by atoms with Crippen LogP contribution in [0.15, 0.2) is 6.07 Å². The van der Waals surface area contributed by atoms with Gasteiger partial charge >= 0.3 is 6.18 Å². The molecule has 0 radical (unpaired) electrons. The summed E-state index contributed by atoms with van der Waals surface area (Å²) in [5.41, 5.74) is -2.25. The van der Waals surface area contributed by atoms with Gasteiger partial charge in [-0.3, -0.25) is 9.48 Å². The highest BCUT2D eigenvalue weighted by Gasteiger charge is 2.39. The fourth-order valence-electron chi connectivity index (χ4n) is 3.20. The van der Waals surface area contributed by atoms with E-state index in [1.165, 1.54) is 0 Å². The first-order valence-corrected chi connectivity index (χ1v) is 8.38. The molecule has 0 fully saturated rings. The molecule has 1 amide bonds. The number of amides is 1. The van der Waals surface area contributed by atoms with E-state index in [0.717, 1.165) is 4.68 Å². The second kappa shape index (κ2) is 7.44. The van der Waals surface area contributed by atoms with Gasteiger partial charge in [0.25, 0.3) is 0 Å². The number of fused-ring (bicyclic) bond motifs is 1. The lowest BCUT2D eigenvalue weighted by atomic mass is 10.1. The highest BCUT2D eigenvalue weighted by atomic mass is 19.4. The molecule has 0 unspecified atom stereocenters. The standard InChI is InChI=1S/C17H14F7N3O/c18-9-6-10(19)14(21)15(13(9)20)25-12(28)7-27-11-5-3-1-2-4-8(11)16(26-27)17(22,23)24/h6H,1-5,7H2,(H,25,28). The number of anilines is 1. The summed E-state index contributed by atoms with van der Waals surface area (Å²) < 4.78 is 94.3. The number of carbonyl (C=O) groups is 1. The van der Waals surface area contributed by atoms with E-state index in [0.29, 0.717) is 19.3 Å². The van der Waals surface area contributed by atoms with Crippen molar-refractivity contribution in [1.82, 2.24) is 9.78 Å². The number of carbonyl (C=O) groups excluding carboxylic acids is 1. The first-order chi connectivity index (χ1) is 13.1. The van der Waals surface area contributed by atoms with Crippen LogP contribution in [0.25, 0.3) is 0 Å². The quantitative estimate of drug-likeness (QED) is 0.465. The molecule has 11 heteroatoms. The zero-order chi connectivity index (χ0) is 20.6. The maximum absolute atomic E-state index is 13.7. The lowest BCUT2D eigenvalue weighted by molar-refractivity contribution is -0.142. The molecular formula is C17H14F7N3O. The Bertz CT molecular complexity index is 894. The third-order valence-electron chi connectivity index (χ3n) is 4.44. The maximum atomic E-state index is 13.7. The Morgan fingerprint density at radius 2 is 1.64 bits per heavy atom. The van der Waals surface area contributed by atoms with Crippen LogP contribution in [0.4, 0.5) is 36.4 Å². The van der Waals surface area contributed by atoms with Gasteiger partial charge in [0.05, 0.1) is 0 Å². The molecule has 1 heterocycles. The van der Waals surface area contributed by atoms with Gasteiger partial charge in [-0.25, -0.2) is 17.6 Å². The van der Waals surface area contributed by atoms with E-state index >= 15 is 0 Å². The second-order valence-corrected chi connectivity index (χ2v) is 6.38. The Morgan fingerprint density at radius 1 is 1.04 bits per heavy atom. The molecule has 28 heavy (non-hydrogen) atoms. The molecule has 1 aromatic heterocycles. The van der Waals surface area contributed by atoms with Gasteiger partial charge < -0.3 is 5.32 Å². The Hall–Kier alpha value is -2.59. The van der Waals surface area contributed by atoms with Gasteiger partial charge in [0.1, 0.15) is 12.2 Å². The number of hydrogen-bond acceptors (Lipinski definition) is 2. The molecule has 0 aliphatic heterocycles. The summed E-state index contributed by atoms with van der Waals surface area (Å²) >= 11 is 0. The summed E-state index contributed by atoms with van der Waals surface area (Å²) in [6.45, 7) is -0.796. The van der Waals surface area contributed by atoms with Gasteiger partial charge in [-0.15, -0.1) is 0 Å². The predicted octanol–water partition coefficient (Wildman–Crippen LogP) is 4.37. The molecule has 0 spiro atoms. The Balaban J connectivity index is 1.91. The van der Waals surface area contributed by atoms with E-state index in [9.17, 15) is 35.5 Å². The number of alkyl halides is 3. The highest BCUT2D eigenvalue weighted by Crippen LogP contribution is 2.35. The average Bonchev–Trinajstić information content (AvgIpc) is 2.79. The minimum absolute atomic E-state index is 0.00744. The normalized spacial score (nSPS) is 14.5. The fourth-order valence-corrected chi connectivity index (χ4v) is 3.20. The largest absolute Gasteiger partial charge is 0.435 e. The van der Waals surface area contributed by atoms with Crippen molar-refractivity contribution >= 4 is 11.6 Å². The molecule has 1 aliphatic rings. The molecule has 1 aromatic carbocycles. The van der Waals surface area contributed by atoms with E-state index in [1.807, 2.05) is 0 Å². The monoisotopic (exact) mass is 409 g/mol. The summed E-state index contributed by atoms with van der Waals surface area (Å²) in [5, 5.41) is 5.13. The molecule has 0 atom stereocenters. The van der Waals surface area contributed by atoms with Crippen LogP contribution >= 0.6 is 0 Å². The van der Waals surface area contributed by atoms with Crippen LogP contribution in [0.5, 0.6) is 0 Å². The van der Waals surface area contributed by atoms with Crippen LogP contribution in [0.3, 0.4) is 0 Å². The average molecular weight is 409 g/mol. The van der Waals surface area contributed by atoms with Crippen molar-refractivity contribution in [3.63, 3.8) is 0 Å². The molecule has 4 nitrogen and oxygen atoms in total. The van der Waals surface area contributed by atoms with Crippen molar-refractivity contribution < 1.29 is 35.5 Å². The Morgan fingerprint density at radius 3 is 2.25 bits per heavy atom. The van der Waals surface area contributed by atoms with Crippen molar-refractivity contribution in [2.75, 3.05) is 5.32 Å². The Kier molecular flexibility index (Phi) is 5.35. The SMILES string of the molecule is O=C(Cn1nc(C(F)(F)F)c2c1CCCCC2)Nc1c(F)c(F)cc(F)c1F. The maximum Gasteiger partial charge on any atom is 0.435 e. The van der Waals surface area contributed by atoms with E-state index in [4.69, 9.17) is 0 Å². The molecule has 3 rings (SSSR count). The summed E-state index contributed by atoms with van der Waals surface area (Å²) in [7, 11) is 0. The van der Waals surface area contributed by atoms with Crippen molar-refractivity contribution in [3.05, 3.63) is 46.3 Å². The zero-order valence-electron chi connectivity index (χ0n) is 14.3. The molecule has 0 saturated heterocycles. The summed E-state index contributed by atoms with van der Waals surface area (Å²) in [4.78, 5) is 12.1. The first-order valence-electron chi connectivity index (χ1n) is 8.38. The number of nitrogens with one attached hydrogen (secondary N) is 1. The first kappa shape index (κ1) is 20.2. The molecule has 0 saturated carbocycles. The lowest BCUT2D eigenvalue weighted by Gasteiger charge is -2.11. The van der Waals surface area contributed by atoms with Crippen LogP contribution in [0.2, 0.25) is 0 Å². The van der Waals surface area contributed by atoms with Crippen molar-refractivity contribution in [2.45, 2.75) is 44.8 Å². The van der Waals surface area contributed by atoms with Crippen LogP contribution in [-0.2, 0) is 30.4 Å². The summed E-state index contributed by atoms with van der Waals surface area (Å²) in [6.07, 6.45) is -2.49. The molecule has 0 bridgehead atoms. The third kappa shape index (κ3) is 3.83. The Labute approximate surface area is 154 Å². The lowest BCUT2D eigenvalue weighted by Crippen LogP contribution is -2.23. The van der Waals surface area contributed by atoms with E-state index in [2.05, 4.69) is 5.10 Å². The minimum Gasteiger partial charge on any atom is -0.319 e. The molecule has 1 N–H and O–H groups in total. The van der Waals surface area contributed by atoms with Gasteiger partial charge in [0.2, 0.25) is 5.91 Å². The number of halogens is 7. The van der Waals surface area contributed by atoms with Gasteiger partial charge in [0, 0.05) is 17.3 Å². The van der Waals surface area contributed by atoms with Crippen molar-refractivity contribution in [3.8, 4) is 0 Å². The molecule has 2 aromatic rings. The second-order valence-electron chi connectivity index (χ2n) is 6.38. The summed E-state index contributed by atoms with van der Waals surface area (Å²) in [5.74, 6) is -8.25. The van der Waals surface area contributed by atoms with Crippen LogP contribution < -0.4 is 5.32 Å². The summed E-state index contributed by atoms with van der Waals surface area (Å²) in [6, 6.07) is -0.0245. The van der Waals surface area contributed by atoms with Gasteiger partial charge in [-0.1, -0.05) is 6.42 Å². The minimum atomic E-state index is -4.72. The van der Waals surface area contributed by atoms with Crippen molar-refractivity contribution in [1.29, 1.82) is 0 Å². The predicted molar refractivity (Wildman–Crippen MR) is 83.4 cm³/mol. The van der Waals surface area contributed by atoms with Gasteiger partial charge in [0.15, 0.2) is 29.0 Å². The van der Waals surface area contributed by atoms with Gasteiger partial charge in [-0.2, -0.15) is 18.3 Å². The zero-order valence-corrected chi connectivity index (χ0v) is 14.3. The number of hydrogen-bond donors (Lipinski definition) is 1. The number of benzene rings is 1. The van der Waals surface area contributed by atoms with Crippen LogP contribution in [-0.4, -0.2) is 15.7 Å². The van der Waals surface area contributed by atoms with Crippen molar-refractivity contribution in [2.24, 2.45) is 0 Å². The third-order valence-corrected chi connectivity index (χ3v) is 4.44. The topological polar surface area (TPSA) is 46.9 Å². The van der Waals surface area contributed by atoms with E-state index < -0.39 is 53.3 Å². The number of rotatable bonds is 3. The number of aromatic nitrogens is 2. The molecule has 1 aliphatic carbocycles. The molecular weight excluding hydrogens is 395 g/mol.